The topological polar surface area (TPSA) is 49.0 Å². The van der Waals surface area contributed by atoms with Crippen molar-refractivity contribution >= 4 is 16.8 Å². The molecule has 1 N–H and O–H groups in total. The fourth-order valence-corrected chi connectivity index (χ4v) is 4.01. The summed E-state index contributed by atoms with van der Waals surface area (Å²) in [4.78, 5) is 23.0. The molecule has 0 radical (unpaired) electrons. The molecule has 0 saturated heterocycles. The molecule has 3 aromatic rings. The Bertz CT molecular complexity index is 865. The number of hydrogen-bond acceptors (Lipinski definition) is 2. The molecule has 1 saturated carbocycles. The van der Waals surface area contributed by atoms with Crippen molar-refractivity contribution in [2.24, 2.45) is 5.92 Å². The smallest absolute Gasteiger partial charge is 0.256 e. The molecule has 26 heavy (non-hydrogen) atoms. The van der Waals surface area contributed by atoms with Crippen LogP contribution in [0.15, 0.2) is 54.9 Å². The van der Waals surface area contributed by atoms with Crippen LogP contribution in [0.2, 0.25) is 0 Å². The van der Waals surface area contributed by atoms with Crippen LogP contribution in [0.1, 0.15) is 48.2 Å². The fraction of sp³-hybridized carbons (Fsp3) is 0.364. The van der Waals surface area contributed by atoms with E-state index in [4.69, 9.17) is 0 Å². The summed E-state index contributed by atoms with van der Waals surface area (Å²) in [5.74, 6) is 0.695. The first kappa shape index (κ1) is 16.8. The first-order chi connectivity index (χ1) is 12.8. The second kappa shape index (κ2) is 7.73. The van der Waals surface area contributed by atoms with Gasteiger partial charge in [0.25, 0.3) is 5.91 Å². The first-order valence-electron chi connectivity index (χ1n) is 9.56. The van der Waals surface area contributed by atoms with E-state index in [2.05, 4.69) is 9.97 Å². The van der Waals surface area contributed by atoms with Crippen LogP contribution in [0.5, 0.6) is 0 Å². The van der Waals surface area contributed by atoms with Gasteiger partial charge in [0, 0.05) is 29.8 Å². The Morgan fingerprint density at radius 2 is 1.88 bits per heavy atom. The molecular weight excluding hydrogens is 322 g/mol. The van der Waals surface area contributed by atoms with E-state index in [1.54, 1.807) is 6.20 Å². The third-order valence-electron chi connectivity index (χ3n) is 5.39. The van der Waals surface area contributed by atoms with Gasteiger partial charge in [-0.1, -0.05) is 43.5 Å². The number of hydrogen-bond donors (Lipinski definition) is 1. The molecule has 1 aromatic carbocycles. The highest BCUT2D eigenvalue weighted by atomic mass is 16.2. The highest BCUT2D eigenvalue weighted by molar-refractivity contribution is 6.06. The van der Waals surface area contributed by atoms with Crippen LogP contribution in [0.4, 0.5) is 0 Å². The molecule has 1 fully saturated rings. The summed E-state index contributed by atoms with van der Waals surface area (Å²) in [6.07, 6.45) is 9.98. The summed E-state index contributed by atoms with van der Waals surface area (Å²) in [5, 5.41) is 0.993. The molecule has 0 aliphatic heterocycles. The monoisotopic (exact) mass is 347 g/mol. The van der Waals surface area contributed by atoms with Crippen molar-refractivity contribution in [3.05, 3.63) is 66.1 Å². The summed E-state index contributed by atoms with van der Waals surface area (Å²) >= 11 is 0. The van der Waals surface area contributed by atoms with E-state index in [0.29, 0.717) is 12.5 Å². The lowest BCUT2D eigenvalue weighted by Gasteiger charge is -2.29. The van der Waals surface area contributed by atoms with Crippen molar-refractivity contribution in [3.8, 4) is 0 Å². The minimum atomic E-state index is 0.0960. The zero-order valence-corrected chi connectivity index (χ0v) is 15.0. The van der Waals surface area contributed by atoms with Gasteiger partial charge in [-0.05, 0) is 37.0 Å². The summed E-state index contributed by atoms with van der Waals surface area (Å²) in [6.45, 7) is 1.38. The number of rotatable bonds is 5. The van der Waals surface area contributed by atoms with Crippen molar-refractivity contribution in [1.82, 2.24) is 14.9 Å². The van der Waals surface area contributed by atoms with Gasteiger partial charge >= 0.3 is 0 Å². The van der Waals surface area contributed by atoms with Crippen LogP contribution in [0.3, 0.4) is 0 Å². The van der Waals surface area contributed by atoms with Gasteiger partial charge < -0.3 is 9.88 Å². The molecular formula is C22H25N3O. The Labute approximate surface area is 154 Å². The zero-order chi connectivity index (χ0) is 17.8. The number of carbonyl (C=O) groups excluding carboxylic acids is 1. The molecule has 134 valence electrons. The predicted molar refractivity (Wildman–Crippen MR) is 104 cm³/mol. The zero-order valence-electron chi connectivity index (χ0n) is 15.0. The molecule has 1 amide bonds. The lowest BCUT2D eigenvalue weighted by molar-refractivity contribution is 0.0698. The van der Waals surface area contributed by atoms with Gasteiger partial charge in [-0.25, -0.2) is 0 Å². The molecule has 0 atom stereocenters. The van der Waals surface area contributed by atoms with Gasteiger partial charge in [0.05, 0.1) is 17.8 Å². The van der Waals surface area contributed by atoms with Crippen LogP contribution < -0.4 is 0 Å². The van der Waals surface area contributed by atoms with Crippen LogP contribution in [0.25, 0.3) is 10.9 Å². The number of aromatic amines is 1. The van der Waals surface area contributed by atoms with E-state index >= 15 is 0 Å². The lowest BCUT2D eigenvalue weighted by Crippen LogP contribution is -2.35. The third-order valence-corrected chi connectivity index (χ3v) is 5.39. The van der Waals surface area contributed by atoms with Crippen LogP contribution >= 0.6 is 0 Å². The molecule has 4 heteroatoms. The number of H-pyrrole nitrogens is 1. The highest BCUT2D eigenvalue weighted by Crippen LogP contribution is 2.27. The number of benzene rings is 1. The third kappa shape index (κ3) is 3.64. The maximum absolute atomic E-state index is 13.4. The van der Waals surface area contributed by atoms with Gasteiger partial charge in [0.2, 0.25) is 0 Å². The Hall–Kier alpha value is -2.62. The lowest BCUT2D eigenvalue weighted by atomic mass is 9.88. The first-order valence-corrected chi connectivity index (χ1v) is 9.56. The van der Waals surface area contributed by atoms with Gasteiger partial charge in [-0.2, -0.15) is 0 Å². The summed E-state index contributed by atoms with van der Waals surface area (Å²) in [5.41, 5.74) is 2.70. The SMILES string of the molecule is O=C(c1c[nH]c2ccccc12)N(Cc1ccccn1)CC1CCCCC1. The molecule has 0 bridgehead atoms. The number of aromatic nitrogens is 2. The Balaban J connectivity index is 1.61. The average Bonchev–Trinajstić information content (AvgIpc) is 3.13. The number of carbonyl (C=O) groups is 1. The molecule has 1 aliphatic carbocycles. The number of nitrogens with one attached hydrogen (secondary N) is 1. The van der Waals surface area contributed by atoms with Crippen molar-refractivity contribution < 1.29 is 4.79 Å². The van der Waals surface area contributed by atoms with Crippen molar-refractivity contribution in [3.63, 3.8) is 0 Å². The van der Waals surface area contributed by atoms with Gasteiger partial charge in [0.1, 0.15) is 0 Å². The predicted octanol–water partition coefficient (Wildman–Crippen LogP) is 4.79. The highest BCUT2D eigenvalue weighted by Gasteiger charge is 2.24. The molecule has 0 spiro atoms. The molecule has 1 aliphatic rings. The summed E-state index contributed by atoms with van der Waals surface area (Å²) in [6, 6.07) is 13.9. The maximum atomic E-state index is 13.4. The Morgan fingerprint density at radius 3 is 2.69 bits per heavy atom. The molecule has 4 rings (SSSR count). The van der Waals surface area contributed by atoms with Crippen molar-refractivity contribution in [1.29, 1.82) is 0 Å². The van der Waals surface area contributed by atoms with E-state index in [1.807, 2.05) is 53.6 Å². The molecule has 4 nitrogen and oxygen atoms in total. The Kier molecular flexibility index (Phi) is 5.00. The second-order valence-corrected chi connectivity index (χ2v) is 7.26. The van der Waals surface area contributed by atoms with Gasteiger partial charge in [-0.15, -0.1) is 0 Å². The standard InChI is InChI=1S/C22H25N3O/c26-22(20-14-24-21-12-5-4-11-19(20)21)25(15-17-8-2-1-3-9-17)16-18-10-6-7-13-23-18/h4-7,10-14,17,24H,1-3,8-9,15-16H2. The normalized spacial score (nSPS) is 15.2. The van der Waals surface area contributed by atoms with E-state index in [1.165, 1.54) is 32.1 Å². The number of para-hydroxylation sites is 1. The second-order valence-electron chi connectivity index (χ2n) is 7.26. The molecule has 2 aromatic heterocycles. The number of pyridine rings is 1. The number of nitrogens with zero attached hydrogens (tertiary/aromatic N) is 2. The van der Waals surface area contributed by atoms with Crippen LogP contribution in [-0.2, 0) is 6.54 Å². The fourth-order valence-electron chi connectivity index (χ4n) is 4.01. The largest absolute Gasteiger partial charge is 0.360 e. The van der Waals surface area contributed by atoms with E-state index in [-0.39, 0.29) is 5.91 Å². The number of fused-ring (bicyclic) bond motifs is 1. The van der Waals surface area contributed by atoms with E-state index in [9.17, 15) is 4.79 Å². The average molecular weight is 347 g/mol. The van der Waals surface area contributed by atoms with Crippen molar-refractivity contribution in [2.75, 3.05) is 6.54 Å². The maximum Gasteiger partial charge on any atom is 0.256 e. The van der Waals surface area contributed by atoms with E-state index in [0.717, 1.165) is 28.7 Å². The molecule has 0 unspecified atom stereocenters. The van der Waals surface area contributed by atoms with Crippen LogP contribution in [-0.4, -0.2) is 27.3 Å². The summed E-state index contributed by atoms with van der Waals surface area (Å²) in [7, 11) is 0. The number of amides is 1. The minimum absolute atomic E-state index is 0.0960. The van der Waals surface area contributed by atoms with E-state index < -0.39 is 0 Å². The molecule has 2 heterocycles. The quantitative estimate of drug-likeness (QED) is 0.722. The van der Waals surface area contributed by atoms with Gasteiger partial charge in [0.15, 0.2) is 0 Å². The van der Waals surface area contributed by atoms with Gasteiger partial charge in [-0.3, -0.25) is 9.78 Å². The minimum Gasteiger partial charge on any atom is -0.360 e. The summed E-state index contributed by atoms with van der Waals surface area (Å²) < 4.78 is 0. The Morgan fingerprint density at radius 1 is 1.08 bits per heavy atom. The van der Waals surface area contributed by atoms with Crippen LogP contribution in [0, 0.1) is 5.92 Å². The van der Waals surface area contributed by atoms with Crippen molar-refractivity contribution in [2.45, 2.75) is 38.6 Å².